The van der Waals surface area contributed by atoms with E-state index in [0.717, 1.165) is 11.3 Å². The first-order valence-electron chi connectivity index (χ1n) is 8.45. The second-order valence-electron chi connectivity index (χ2n) is 6.71. The molecule has 5 nitrogen and oxygen atoms in total. The molecule has 5 heteroatoms. The molecule has 2 aromatic heterocycles. The number of rotatable bonds is 2. The van der Waals surface area contributed by atoms with Crippen molar-refractivity contribution in [2.24, 2.45) is 7.05 Å². The SMILES string of the molecule is Cc1cc(C(=O)N2Cc3ccccc3[C@H](c3cnn(C)c3)C2)c(C)o1. The maximum absolute atomic E-state index is 13.1. The number of carbonyl (C=O) groups is 1. The third-order valence-corrected chi connectivity index (χ3v) is 4.88. The third kappa shape index (κ3) is 2.76. The molecule has 3 heterocycles. The minimum atomic E-state index is 0.0257. The highest BCUT2D eigenvalue weighted by Crippen LogP contribution is 2.34. The van der Waals surface area contributed by atoms with Crippen molar-refractivity contribution in [3.05, 3.63) is 76.5 Å². The van der Waals surface area contributed by atoms with E-state index in [2.05, 4.69) is 23.3 Å². The Balaban J connectivity index is 1.72. The molecule has 0 saturated heterocycles. The first-order chi connectivity index (χ1) is 12.0. The van der Waals surface area contributed by atoms with Crippen LogP contribution in [0.3, 0.4) is 0 Å². The van der Waals surface area contributed by atoms with Gasteiger partial charge in [-0.05, 0) is 36.6 Å². The van der Waals surface area contributed by atoms with Gasteiger partial charge >= 0.3 is 0 Å². The molecule has 0 aliphatic carbocycles. The lowest BCUT2D eigenvalue weighted by Gasteiger charge is -2.34. The van der Waals surface area contributed by atoms with Crippen molar-refractivity contribution >= 4 is 5.91 Å². The molecule has 0 radical (unpaired) electrons. The van der Waals surface area contributed by atoms with Crippen LogP contribution in [0.15, 0.2) is 47.1 Å². The zero-order valence-corrected chi connectivity index (χ0v) is 14.7. The van der Waals surface area contributed by atoms with Gasteiger partial charge in [-0.3, -0.25) is 9.48 Å². The fraction of sp³-hybridized carbons (Fsp3) is 0.300. The lowest BCUT2D eigenvalue weighted by molar-refractivity contribution is 0.0723. The van der Waals surface area contributed by atoms with E-state index in [1.54, 1.807) is 0 Å². The van der Waals surface area contributed by atoms with E-state index in [-0.39, 0.29) is 11.8 Å². The van der Waals surface area contributed by atoms with Crippen molar-refractivity contribution in [1.82, 2.24) is 14.7 Å². The summed E-state index contributed by atoms with van der Waals surface area (Å²) in [6.07, 6.45) is 3.92. The topological polar surface area (TPSA) is 51.3 Å². The molecule has 1 amide bonds. The molecule has 25 heavy (non-hydrogen) atoms. The van der Waals surface area contributed by atoms with E-state index in [4.69, 9.17) is 4.42 Å². The number of hydrogen-bond donors (Lipinski definition) is 0. The Labute approximate surface area is 146 Å². The van der Waals surface area contributed by atoms with Gasteiger partial charge in [0.25, 0.3) is 5.91 Å². The predicted molar refractivity (Wildman–Crippen MR) is 94.4 cm³/mol. The molecule has 0 fully saturated rings. The third-order valence-electron chi connectivity index (χ3n) is 4.88. The van der Waals surface area contributed by atoms with Crippen molar-refractivity contribution < 1.29 is 9.21 Å². The molecule has 0 spiro atoms. The first kappa shape index (κ1) is 15.7. The lowest BCUT2D eigenvalue weighted by atomic mass is 9.86. The van der Waals surface area contributed by atoms with Gasteiger partial charge in [-0.25, -0.2) is 0 Å². The second kappa shape index (κ2) is 5.92. The predicted octanol–water partition coefficient (Wildman–Crippen LogP) is 3.42. The van der Waals surface area contributed by atoms with Crippen LogP contribution >= 0.6 is 0 Å². The average molecular weight is 335 g/mol. The summed E-state index contributed by atoms with van der Waals surface area (Å²) >= 11 is 0. The van der Waals surface area contributed by atoms with Crippen LogP contribution in [-0.2, 0) is 13.6 Å². The minimum Gasteiger partial charge on any atom is -0.466 e. The van der Waals surface area contributed by atoms with Gasteiger partial charge in [0.15, 0.2) is 0 Å². The molecule has 128 valence electrons. The molecule has 1 aliphatic rings. The summed E-state index contributed by atoms with van der Waals surface area (Å²) in [4.78, 5) is 15.0. The normalized spacial score (nSPS) is 16.8. The molecule has 0 unspecified atom stereocenters. The van der Waals surface area contributed by atoms with Crippen molar-refractivity contribution in [1.29, 1.82) is 0 Å². The first-order valence-corrected chi connectivity index (χ1v) is 8.45. The Hall–Kier alpha value is -2.82. The maximum Gasteiger partial charge on any atom is 0.257 e. The zero-order valence-electron chi connectivity index (χ0n) is 14.7. The molecule has 1 aromatic carbocycles. The number of hydrogen-bond acceptors (Lipinski definition) is 3. The zero-order chi connectivity index (χ0) is 17.6. The number of benzene rings is 1. The molecule has 1 aliphatic heterocycles. The van der Waals surface area contributed by atoms with Gasteiger partial charge in [0, 0.05) is 32.3 Å². The van der Waals surface area contributed by atoms with E-state index in [9.17, 15) is 4.79 Å². The molecule has 0 N–H and O–H groups in total. The van der Waals surface area contributed by atoms with E-state index < -0.39 is 0 Å². The fourth-order valence-electron chi connectivity index (χ4n) is 3.68. The van der Waals surface area contributed by atoms with E-state index in [1.165, 1.54) is 11.1 Å². The van der Waals surface area contributed by atoms with Crippen molar-refractivity contribution in [2.75, 3.05) is 6.54 Å². The Bertz CT molecular complexity index is 938. The molecule has 0 bridgehead atoms. The van der Waals surface area contributed by atoms with Crippen LogP contribution in [0.2, 0.25) is 0 Å². The van der Waals surface area contributed by atoms with Crippen LogP contribution in [0.1, 0.15) is 44.5 Å². The summed E-state index contributed by atoms with van der Waals surface area (Å²) in [7, 11) is 1.92. The Morgan fingerprint density at radius 3 is 2.76 bits per heavy atom. The Kier molecular flexibility index (Phi) is 3.71. The Morgan fingerprint density at radius 2 is 2.08 bits per heavy atom. The lowest BCUT2D eigenvalue weighted by Crippen LogP contribution is -2.38. The van der Waals surface area contributed by atoms with Crippen molar-refractivity contribution in [3.63, 3.8) is 0 Å². The number of nitrogens with zero attached hydrogens (tertiary/aromatic N) is 3. The van der Waals surface area contributed by atoms with Crippen molar-refractivity contribution in [2.45, 2.75) is 26.3 Å². The molecule has 1 atom stereocenters. The van der Waals surface area contributed by atoms with Crippen LogP contribution in [0.4, 0.5) is 0 Å². The van der Waals surface area contributed by atoms with Crippen molar-refractivity contribution in [3.8, 4) is 0 Å². The largest absolute Gasteiger partial charge is 0.466 e. The minimum absolute atomic E-state index is 0.0257. The highest BCUT2D eigenvalue weighted by Gasteiger charge is 2.31. The number of carbonyl (C=O) groups excluding carboxylic acids is 1. The van der Waals surface area contributed by atoms with Crippen LogP contribution in [0.25, 0.3) is 0 Å². The van der Waals surface area contributed by atoms with Crippen LogP contribution in [-0.4, -0.2) is 27.1 Å². The van der Waals surface area contributed by atoms with Gasteiger partial charge in [0.05, 0.1) is 11.8 Å². The second-order valence-corrected chi connectivity index (χ2v) is 6.71. The molecular weight excluding hydrogens is 314 g/mol. The average Bonchev–Trinajstić information content (AvgIpc) is 3.18. The van der Waals surface area contributed by atoms with Crippen LogP contribution in [0.5, 0.6) is 0 Å². The molecule has 0 saturated carbocycles. The summed E-state index contributed by atoms with van der Waals surface area (Å²) in [5.41, 5.74) is 4.25. The summed E-state index contributed by atoms with van der Waals surface area (Å²) in [5, 5.41) is 4.31. The number of aromatic nitrogens is 2. The van der Waals surface area contributed by atoms with Gasteiger partial charge in [-0.2, -0.15) is 5.10 Å². The maximum atomic E-state index is 13.1. The van der Waals surface area contributed by atoms with Gasteiger partial charge in [0.1, 0.15) is 11.5 Å². The molecule has 3 aromatic rings. The molecule has 4 rings (SSSR count). The standard InChI is InChI=1S/C20H21N3O2/c1-13-8-18(14(2)25-13)20(24)23-11-15-6-4-5-7-17(15)19(12-23)16-9-21-22(3)10-16/h4-10,19H,11-12H2,1-3H3/t19-/m0/s1. The highest BCUT2D eigenvalue weighted by molar-refractivity contribution is 5.95. The quantitative estimate of drug-likeness (QED) is 0.721. The van der Waals surface area contributed by atoms with Gasteiger partial charge in [-0.15, -0.1) is 0 Å². The van der Waals surface area contributed by atoms with E-state index in [0.29, 0.717) is 24.4 Å². The van der Waals surface area contributed by atoms with E-state index in [1.807, 2.05) is 55.0 Å². The number of fused-ring (bicyclic) bond motifs is 1. The Morgan fingerprint density at radius 1 is 1.28 bits per heavy atom. The number of aryl methyl sites for hydroxylation is 3. The van der Waals surface area contributed by atoms with Gasteiger partial charge in [-0.1, -0.05) is 24.3 Å². The fourth-order valence-corrected chi connectivity index (χ4v) is 3.68. The monoisotopic (exact) mass is 335 g/mol. The summed E-state index contributed by atoms with van der Waals surface area (Å²) in [6, 6.07) is 10.2. The highest BCUT2D eigenvalue weighted by atomic mass is 16.3. The summed E-state index contributed by atoms with van der Waals surface area (Å²) in [6.45, 7) is 4.98. The smallest absolute Gasteiger partial charge is 0.257 e. The molecular formula is C20H21N3O2. The summed E-state index contributed by atoms with van der Waals surface area (Å²) < 4.78 is 7.36. The van der Waals surface area contributed by atoms with Gasteiger partial charge in [0.2, 0.25) is 0 Å². The van der Waals surface area contributed by atoms with Crippen LogP contribution < -0.4 is 0 Å². The van der Waals surface area contributed by atoms with Gasteiger partial charge < -0.3 is 9.32 Å². The number of amides is 1. The number of furan rings is 1. The van der Waals surface area contributed by atoms with Crippen LogP contribution in [0, 0.1) is 13.8 Å². The summed E-state index contributed by atoms with van der Waals surface area (Å²) in [5.74, 6) is 1.61. The van der Waals surface area contributed by atoms with E-state index >= 15 is 0 Å².